The van der Waals surface area contributed by atoms with Crippen molar-refractivity contribution in [1.29, 1.82) is 0 Å². The Kier molecular flexibility index (Phi) is 54.0. The fraction of sp³-hybridized carbons (Fsp3) is 0.500. The fourth-order valence-corrected chi connectivity index (χ4v) is 19.3. The average molecular weight is 1410 g/mol. The van der Waals surface area contributed by atoms with Crippen LogP contribution in [0.2, 0.25) is 0 Å². The molecular formula is C48H66Cl10HfTiZr2. The summed E-state index contributed by atoms with van der Waals surface area (Å²) in [5.74, 6) is 0. The second-order valence-corrected chi connectivity index (χ2v) is 26.7. The van der Waals surface area contributed by atoms with Crippen molar-refractivity contribution in [3.63, 3.8) is 0 Å². The first kappa shape index (κ1) is 82.1. The monoisotopic (exact) mass is 1400 g/mol. The van der Waals surface area contributed by atoms with Crippen LogP contribution in [0.5, 0.6) is 0 Å². The van der Waals surface area contributed by atoms with Gasteiger partial charge < -0.3 is 124 Å². The Morgan fingerprint density at radius 2 is 0.919 bits per heavy atom. The summed E-state index contributed by atoms with van der Waals surface area (Å²) in [7, 11) is 0. The molecule has 0 aromatic heterocycles. The minimum atomic E-state index is -0.997. The van der Waals surface area contributed by atoms with Crippen LogP contribution in [0.15, 0.2) is 126 Å². The molecule has 6 aliphatic carbocycles. The quantitative estimate of drug-likeness (QED) is 0.191. The Balaban J connectivity index is -0.000000109. The minimum absolute atomic E-state index is 0. The molecule has 0 nitrogen and oxygen atoms in total. The molecule has 6 aliphatic rings. The predicted octanol–water partition coefficient (Wildman–Crippen LogP) is -15.0. The van der Waals surface area contributed by atoms with E-state index in [9.17, 15) is 0 Å². The summed E-state index contributed by atoms with van der Waals surface area (Å²) in [6.07, 6.45) is 35.4. The maximum absolute atomic E-state index is 2.44. The molecule has 344 valence electrons. The van der Waals surface area contributed by atoms with Crippen LogP contribution in [0.4, 0.5) is 0 Å². The predicted molar refractivity (Wildman–Crippen MR) is 214 cm³/mol. The first-order valence-electron chi connectivity index (χ1n) is 19.8. The number of halogens is 10. The molecule has 6 rings (SSSR count). The molecular weight excluding hydrogens is 1340 g/mol. The van der Waals surface area contributed by atoms with Gasteiger partial charge in [0.1, 0.15) is 0 Å². The van der Waals surface area contributed by atoms with Gasteiger partial charge in [-0.1, -0.05) is 0 Å². The second kappa shape index (κ2) is 40.8. The van der Waals surface area contributed by atoms with Crippen molar-refractivity contribution in [2.45, 2.75) is 147 Å². The number of rotatable bonds is 10. The molecule has 0 amide bonds. The molecule has 0 aliphatic heterocycles. The Hall–Kier alpha value is 3.13. The molecule has 0 fully saturated rings. The van der Waals surface area contributed by atoms with E-state index in [0.29, 0.717) is 10.8 Å². The van der Waals surface area contributed by atoms with Gasteiger partial charge in [-0.25, -0.2) is 0 Å². The van der Waals surface area contributed by atoms with E-state index in [1.54, 1.807) is 72.6 Å². The third-order valence-corrected chi connectivity index (χ3v) is 26.4. The van der Waals surface area contributed by atoms with Crippen LogP contribution >= 0.6 is 0 Å². The fourth-order valence-electron chi connectivity index (χ4n) is 7.46. The summed E-state index contributed by atoms with van der Waals surface area (Å²) >= 11 is 2.24. The van der Waals surface area contributed by atoms with E-state index in [0.717, 1.165) is 0 Å². The van der Waals surface area contributed by atoms with E-state index in [2.05, 4.69) is 164 Å². The van der Waals surface area contributed by atoms with Crippen molar-refractivity contribution in [2.75, 3.05) is 0 Å². The molecule has 0 spiro atoms. The van der Waals surface area contributed by atoms with E-state index in [1.807, 2.05) is 13.2 Å². The molecule has 0 aromatic rings. The van der Waals surface area contributed by atoms with Crippen molar-refractivity contribution < 1.29 is 215 Å². The summed E-state index contributed by atoms with van der Waals surface area (Å²) in [5, 5.41) is 0. The second-order valence-electron chi connectivity index (χ2n) is 16.1. The van der Waals surface area contributed by atoms with Crippen LogP contribution in [0.3, 0.4) is 0 Å². The van der Waals surface area contributed by atoms with E-state index < -0.39 is 46.1 Å². The van der Waals surface area contributed by atoms with Gasteiger partial charge >= 0.3 is 375 Å². The van der Waals surface area contributed by atoms with Crippen LogP contribution in [0.25, 0.3) is 0 Å². The standard InChI is InChI=1S/2C10H15.2C9H13.2C5H5.10ClH.Hf.Ti.2Zr/c2*1-7-6-10(4,5)9(3)8(7)2;2*1-2-3-6-9-7-4-5-8-9;2*1-2-4-5-3-1;;;;;;;;;;;;;;/h2*1-5H3;2*4,7H,2-3,5-6H2,1H3;2*1-3H,4H2;10*1H;;;;/q;;;;;;;;;;;;;;;;+2;+3;+2;+3/p-10. The van der Waals surface area contributed by atoms with Gasteiger partial charge in [0.15, 0.2) is 0 Å². The molecule has 0 atom stereocenters. The van der Waals surface area contributed by atoms with E-state index in [1.165, 1.54) is 68.1 Å². The first-order valence-corrected chi connectivity index (χ1v) is 27.9. The van der Waals surface area contributed by atoms with E-state index >= 15 is 0 Å². The molecule has 0 saturated heterocycles. The Morgan fingerprint density at radius 3 is 1.15 bits per heavy atom. The van der Waals surface area contributed by atoms with Gasteiger partial charge in [-0.3, -0.25) is 0 Å². The average Bonchev–Trinajstić information content (AvgIpc) is 3.98. The van der Waals surface area contributed by atoms with Gasteiger partial charge in [-0.2, -0.15) is 0 Å². The Morgan fingerprint density at radius 1 is 0.548 bits per heavy atom. The Bertz CT molecular complexity index is 1620. The Labute approximate surface area is 492 Å². The van der Waals surface area contributed by atoms with Crippen LogP contribution < -0.4 is 124 Å². The summed E-state index contributed by atoms with van der Waals surface area (Å²) in [5.41, 5.74) is 13.5. The SMILES string of the molecule is CC1=C(C)C(C)(C)[C]([Hf+2][C]2=C(C)C(C)=C(C)C2(C)C)=C1C.CCCCC1=[C]([Zr+2][C]2=C(CCCC)C=CC2)CC=C1.[Cl-].[Cl-].[Cl-].[Cl-].[Cl-].[Cl-].[Cl-].[Cl-].[Cl-].[Cl-].[Ti+3][C]1=CC=CC1.[Zr+3][C]1=CC=CC1. The molecule has 0 N–H and O–H groups in total. The van der Waals surface area contributed by atoms with Crippen LogP contribution in [-0.4, -0.2) is 0 Å². The zero-order valence-corrected chi connectivity index (χ0v) is 56.3. The van der Waals surface area contributed by atoms with Crippen molar-refractivity contribution in [2.24, 2.45) is 10.8 Å². The molecule has 0 saturated carbocycles. The normalized spacial score (nSPS) is 17.4. The zero-order chi connectivity index (χ0) is 38.6. The van der Waals surface area contributed by atoms with Gasteiger partial charge in [0.05, 0.1) is 0 Å². The number of unbranched alkanes of at least 4 members (excludes halogenated alkanes) is 2. The third-order valence-electron chi connectivity index (χ3n) is 11.9. The molecule has 0 heterocycles. The summed E-state index contributed by atoms with van der Waals surface area (Å²) in [4.78, 5) is 0. The van der Waals surface area contributed by atoms with Crippen molar-refractivity contribution in [3.05, 3.63) is 126 Å². The zero-order valence-electron chi connectivity index (χ0n) is 38.6. The maximum atomic E-state index is 2.44. The van der Waals surface area contributed by atoms with E-state index in [-0.39, 0.29) is 124 Å². The number of hydrogen-bond acceptors (Lipinski definition) is 0. The summed E-state index contributed by atoms with van der Waals surface area (Å²) < 4.78 is 10.4. The van der Waals surface area contributed by atoms with Crippen LogP contribution in [-0.2, 0) is 91.3 Å². The molecule has 0 aromatic carbocycles. The molecule has 14 heteroatoms. The van der Waals surface area contributed by atoms with Gasteiger partial charge in [0.2, 0.25) is 0 Å². The molecule has 62 heavy (non-hydrogen) atoms. The molecule has 0 radical (unpaired) electrons. The van der Waals surface area contributed by atoms with Crippen LogP contribution in [0, 0.1) is 10.8 Å². The van der Waals surface area contributed by atoms with Crippen molar-refractivity contribution >= 4 is 0 Å². The first-order chi connectivity index (χ1) is 24.6. The number of hydrogen-bond donors (Lipinski definition) is 0. The third kappa shape index (κ3) is 23.8. The van der Waals surface area contributed by atoms with Crippen molar-refractivity contribution in [3.8, 4) is 0 Å². The summed E-state index contributed by atoms with van der Waals surface area (Å²) in [6, 6.07) is 0. The van der Waals surface area contributed by atoms with Gasteiger partial charge in [-0.15, -0.1) is 0 Å². The van der Waals surface area contributed by atoms with Gasteiger partial charge in [-0.05, 0) is 0 Å². The van der Waals surface area contributed by atoms with Gasteiger partial charge in [0.25, 0.3) is 0 Å². The topological polar surface area (TPSA) is 0 Å². The van der Waals surface area contributed by atoms with E-state index in [4.69, 9.17) is 0 Å². The van der Waals surface area contributed by atoms with Crippen LogP contribution in [0.1, 0.15) is 147 Å². The number of allylic oxidation sites excluding steroid dienone is 24. The van der Waals surface area contributed by atoms with Crippen molar-refractivity contribution in [1.82, 2.24) is 0 Å². The van der Waals surface area contributed by atoms with Gasteiger partial charge in [0, 0.05) is 0 Å². The summed E-state index contributed by atoms with van der Waals surface area (Å²) in [6.45, 7) is 28.4. The molecule has 0 bridgehead atoms. The molecule has 0 unspecified atom stereocenters.